The van der Waals surface area contributed by atoms with Crippen molar-refractivity contribution in [2.75, 3.05) is 0 Å². The molecule has 1 rings (SSSR count). The molecule has 0 radical (unpaired) electrons. The second kappa shape index (κ2) is 4.77. The van der Waals surface area contributed by atoms with Crippen molar-refractivity contribution >= 4 is 23.2 Å². The van der Waals surface area contributed by atoms with Crippen LogP contribution >= 0.6 is 23.2 Å². The van der Waals surface area contributed by atoms with E-state index in [1.165, 1.54) is 12.1 Å². The van der Waals surface area contributed by atoms with Crippen LogP contribution in [0.1, 0.15) is 5.56 Å². The summed E-state index contributed by atoms with van der Waals surface area (Å²) in [5, 5.41) is 0.443. The molecule has 1 aromatic carbocycles. The van der Waals surface area contributed by atoms with E-state index < -0.39 is 6.61 Å². The van der Waals surface area contributed by atoms with Crippen molar-refractivity contribution in [1.29, 1.82) is 0 Å². The highest BCUT2D eigenvalue weighted by molar-refractivity contribution is 6.35. The molecule has 0 aliphatic carbocycles. The number of benzene rings is 1. The van der Waals surface area contributed by atoms with Crippen molar-refractivity contribution in [3.63, 3.8) is 0 Å². The molecule has 0 spiro atoms. The van der Waals surface area contributed by atoms with E-state index in [2.05, 4.69) is 4.74 Å². The van der Waals surface area contributed by atoms with Crippen molar-refractivity contribution in [2.24, 2.45) is 5.73 Å². The number of alkyl halides is 2. The van der Waals surface area contributed by atoms with Crippen molar-refractivity contribution in [3.8, 4) is 5.75 Å². The SMILES string of the molecule is NCc1c(Cl)cc(Cl)cc1OC(F)F. The number of nitrogens with two attached hydrogens (primary N) is 1. The third kappa shape index (κ3) is 2.70. The molecule has 6 heteroatoms. The molecule has 2 nitrogen and oxygen atoms in total. The van der Waals surface area contributed by atoms with Gasteiger partial charge in [-0.1, -0.05) is 23.2 Å². The summed E-state index contributed by atoms with van der Waals surface area (Å²) in [6, 6.07) is 2.67. The van der Waals surface area contributed by atoms with Crippen molar-refractivity contribution in [3.05, 3.63) is 27.7 Å². The Bertz CT molecular complexity index is 333. The average molecular weight is 242 g/mol. The number of rotatable bonds is 3. The summed E-state index contributed by atoms with van der Waals surface area (Å²) in [5.74, 6) is -0.0833. The Labute approximate surface area is 89.6 Å². The van der Waals surface area contributed by atoms with Gasteiger partial charge in [-0.05, 0) is 12.1 Å². The summed E-state index contributed by atoms with van der Waals surface area (Å²) in [4.78, 5) is 0. The third-order valence-corrected chi connectivity index (χ3v) is 2.09. The lowest BCUT2D eigenvalue weighted by molar-refractivity contribution is -0.0504. The topological polar surface area (TPSA) is 35.2 Å². The Hall–Kier alpha value is -0.580. The molecule has 0 unspecified atom stereocenters. The van der Waals surface area contributed by atoms with Crippen LogP contribution < -0.4 is 10.5 Å². The fourth-order valence-corrected chi connectivity index (χ4v) is 1.53. The second-order valence-corrected chi connectivity index (χ2v) is 3.29. The molecule has 0 atom stereocenters. The zero-order valence-corrected chi connectivity index (χ0v) is 8.45. The van der Waals surface area contributed by atoms with Gasteiger partial charge in [0.15, 0.2) is 0 Å². The molecule has 0 aromatic heterocycles. The highest BCUT2D eigenvalue weighted by Crippen LogP contribution is 2.31. The molecule has 0 aliphatic rings. The van der Waals surface area contributed by atoms with Crippen LogP contribution in [0.15, 0.2) is 12.1 Å². The number of hydrogen-bond acceptors (Lipinski definition) is 2. The summed E-state index contributed by atoms with van der Waals surface area (Å²) in [5.41, 5.74) is 5.64. The van der Waals surface area contributed by atoms with Gasteiger partial charge in [0.2, 0.25) is 0 Å². The van der Waals surface area contributed by atoms with Crippen LogP contribution in [0, 0.1) is 0 Å². The smallest absolute Gasteiger partial charge is 0.387 e. The van der Waals surface area contributed by atoms with Gasteiger partial charge in [-0.3, -0.25) is 0 Å². The van der Waals surface area contributed by atoms with Gasteiger partial charge in [-0.2, -0.15) is 8.78 Å². The predicted molar refractivity (Wildman–Crippen MR) is 51.0 cm³/mol. The quantitative estimate of drug-likeness (QED) is 0.883. The molecule has 0 amide bonds. The van der Waals surface area contributed by atoms with E-state index in [0.29, 0.717) is 5.56 Å². The van der Waals surface area contributed by atoms with Gasteiger partial charge >= 0.3 is 6.61 Å². The molecule has 2 N–H and O–H groups in total. The lowest BCUT2D eigenvalue weighted by Crippen LogP contribution is -2.07. The Kier molecular flexibility index (Phi) is 3.92. The first-order chi connectivity index (χ1) is 6.54. The molecule has 14 heavy (non-hydrogen) atoms. The fraction of sp³-hybridized carbons (Fsp3) is 0.250. The summed E-state index contributed by atoms with van der Waals surface area (Å²) in [7, 11) is 0. The summed E-state index contributed by atoms with van der Waals surface area (Å²) in [6.07, 6.45) is 0. The summed E-state index contributed by atoms with van der Waals surface area (Å²) >= 11 is 11.3. The van der Waals surface area contributed by atoms with Crippen LogP contribution in [-0.2, 0) is 6.54 Å². The third-order valence-electron chi connectivity index (χ3n) is 1.54. The van der Waals surface area contributed by atoms with Crippen LogP contribution in [0.5, 0.6) is 5.75 Å². The van der Waals surface area contributed by atoms with E-state index in [9.17, 15) is 8.78 Å². The van der Waals surface area contributed by atoms with E-state index in [1.54, 1.807) is 0 Å². The maximum absolute atomic E-state index is 12.0. The lowest BCUT2D eigenvalue weighted by atomic mass is 10.2. The van der Waals surface area contributed by atoms with Gasteiger partial charge in [0.25, 0.3) is 0 Å². The molecule has 0 saturated heterocycles. The Morgan fingerprint density at radius 2 is 2.00 bits per heavy atom. The Balaban J connectivity index is 3.11. The number of halogens is 4. The zero-order valence-electron chi connectivity index (χ0n) is 6.94. The first-order valence-electron chi connectivity index (χ1n) is 3.67. The van der Waals surface area contributed by atoms with Gasteiger partial charge in [-0.15, -0.1) is 0 Å². The first kappa shape index (κ1) is 11.5. The minimum absolute atomic E-state index is 0.0120. The van der Waals surface area contributed by atoms with Gasteiger partial charge in [0, 0.05) is 17.1 Å². The van der Waals surface area contributed by atoms with E-state index in [4.69, 9.17) is 28.9 Å². The Morgan fingerprint density at radius 3 is 2.50 bits per heavy atom. The molecule has 0 bridgehead atoms. The lowest BCUT2D eigenvalue weighted by Gasteiger charge is -2.11. The number of hydrogen-bond donors (Lipinski definition) is 1. The number of ether oxygens (including phenoxy) is 1. The van der Waals surface area contributed by atoms with E-state index in [1.807, 2.05) is 0 Å². The minimum Gasteiger partial charge on any atom is -0.434 e. The van der Waals surface area contributed by atoms with Crippen LogP contribution in [0.2, 0.25) is 10.0 Å². The maximum atomic E-state index is 12.0. The van der Waals surface area contributed by atoms with Crippen LogP contribution in [0.3, 0.4) is 0 Å². The molecular formula is C8H7Cl2F2NO. The molecule has 78 valence electrons. The standard InChI is InChI=1S/C8H7Cl2F2NO/c9-4-1-6(10)5(3-13)7(2-4)14-8(11)12/h1-2,8H,3,13H2. The average Bonchev–Trinajstić information content (AvgIpc) is 2.01. The van der Waals surface area contributed by atoms with E-state index in [0.717, 1.165) is 0 Å². The van der Waals surface area contributed by atoms with Gasteiger partial charge in [0.05, 0.1) is 5.02 Å². The summed E-state index contributed by atoms with van der Waals surface area (Å²) in [6.45, 7) is -2.91. The molecule has 0 aliphatic heterocycles. The highest BCUT2D eigenvalue weighted by atomic mass is 35.5. The van der Waals surface area contributed by atoms with Crippen molar-refractivity contribution in [1.82, 2.24) is 0 Å². The van der Waals surface area contributed by atoms with E-state index >= 15 is 0 Å². The van der Waals surface area contributed by atoms with Gasteiger partial charge < -0.3 is 10.5 Å². The highest BCUT2D eigenvalue weighted by Gasteiger charge is 2.12. The van der Waals surface area contributed by atoms with Gasteiger partial charge in [-0.25, -0.2) is 0 Å². The zero-order chi connectivity index (χ0) is 10.7. The van der Waals surface area contributed by atoms with Crippen molar-refractivity contribution < 1.29 is 13.5 Å². The van der Waals surface area contributed by atoms with Crippen LogP contribution in [0.25, 0.3) is 0 Å². The first-order valence-corrected chi connectivity index (χ1v) is 4.43. The molecule has 0 fully saturated rings. The van der Waals surface area contributed by atoms with Crippen LogP contribution in [0.4, 0.5) is 8.78 Å². The minimum atomic E-state index is -2.92. The second-order valence-electron chi connectivity index (χ2n) is 2.45. The monoisotopic (exact) mass is 241 g/mol. The molecule has 0 heterocycles. The largest absolute Gasteiger partial charge is 0.434 e. The van der Waals surface area contributed by atoms with Crippen molar-refractivity contribution in [2.45, 2.75) is 13.2 Å². The molecule has 0 saturated carbocycles. The molecular weight excluding hydrogens is 235 g/mol. The normalized spacial score (nSPS) is 10.7. The van der Waals surface area contributed by atoms with E-state index in [-0.39, 0.29) is 22.3 Å². The maximum Gasteiger partial charge on any atom is 0.387 e. The predicted octanol–water partition coefficient (Wildman–Crippen LogP) is 3.05. The Morgan fingerprint density at radius 1 is 1.36 bits per heavy atom. The molecule has 1 aromatic rings. The van der Waals surface area contributed by atoms with Crippen LogP contribution in [-0.4, -0.2) is 6.61 Å². The summed E-state index contributed by atoms with van der Waals surface area (Å²) < 4.78 is 28.1. The fourth-order valence-electron chi connectivity index (χ4n) is 0.979. The van der Waals surface area contributed by atoms with Gasteiger partial charge in [0.1, 0.15) is 5.75 Å².